The molecule has 8 heteroatoms. The molecule has 2 aromatic rings. The summed E-state index contributed by atoms with van der Waals surface area (Å²) < 4.78 is 40.4. The van der Waals surface area contributed by atoms with Crippen LogP contribution in [0.15, 0.2) is 32.9 Å². The Hall–Kier alpha value is -0.990. The molecule has 1 aromatic heterocycles. The van der Waals surface area contributed by atoms with Crippen LogP contribution < -0.4 is 4.72 Å². The van der Waals surface area contributed by atoms with E-state index in [0.29, 0.717) is 0 Å². The smallest absolute Gasteiger partial charge is 0.255 e. The third kappa shape index (κ3) is 3.81. The normalized spacial score (nSPS) is 12.4. The zero-order chi connectivity index (χ0) is 15.8. The zero-order valence-corrected chi connectivity index (χ0v) is 14.9. The number of rotatable bonds is 3. The van der Waals surface area contributed by atoms with Gasteiger partial charge in [-0.2, -0.15) is 0 Å². The summed E-state index contributed by atoms with van der Waals surface area (Å²) in [4.78, 5) is 4.11. The Kier molecular flexibility index (Phi) is 4.41. The van der Waals surface area contributed by atoms with Crippen molar-refractivity contribution >= 4 is 42.4 Å². The van der Waals surface area contributed by atoms with E-state index in [1.54, 1.807) is 5.38 Å². The Morgan fingerprint density at radius 1 is 1.33 bits per heavy atom. The van der Waals surface area contributed by atoms with E-state index in [1.165, 1.54) is 23.5 Å². The van der Waals surface area contributed by atoms with Crippen molar-refractivity contribution < 1.29 is 12.8 Å². The Morgan fingerprint density at radius 2 is 2.00 bits per heavy atom. The molecule has 21 heavy (non-hydrogen) atoms. The average molecular weight is 393 g/mol. The van der Waals surface area contributed by atoms with Gasteiger partial charge in [0.2, 0.25) is 0 Å². The second-order valence-electron chi connectivity index (χ2n) is 5.47. The molecule has 0 saturated carbocycles. The van der Waals surface area contributed by atoms with Gasteiger partial charge in [-0.15, -0.1) is 11.3 Å². The molecule has 0 spiro atoms. The fourth-order valence-corrected chi connectivity index (χ4v) is 3.93. The maximum absolute atomic E-state index is 13.5. The molecule has 0 fully saturated rings. The van der Waals surface area contributed by atoms with Gasteiger partial charge >= 0.3 is 0 Å². The SMILES string of the molecule is CC(C)(C)c1csc(NS(=O)(=O)c2ccc(Br)c(F)c2)n1. The van der Waals surface area contributed by atoms with Gasteiger partial charge in [0, 0.05) is 10.8 Å². The summed E-state index contributed by atoms with van der Waals surface area (Å²) >= 11 is 4.19. The fraction of sp³-hybridized carbons (Fsp3) is 0.308. The van der Waals surface area contributed by atoms with Crippen molar-refractivity contribution in [1.29, 1.82) is 0 Å². The molecule has 4 nitrogen and oxygen atoms in total. The molecule has 0 aliphatic carbocycles. The monoisotopic (exact) mass is 392 g/mol. The van der Waals surface area contributed by atoms with Gasteiger partial charge in [-0.05, 0) is 34.1 Å². The van der Waals surface area contributed by atoms with E-state index in [2.05, 4.69) is 25.6 Å². The number of halogens is 2. The third-order valence-corrected chi connectivity index (χ3v) is 5.56. The number of benzene rings is 1. The summed E-state index contributed by atoms with van der Waals surface area (Å²) in [5.74, 6) is -0.632. The van der Waals surface area contributed by atoms with Crippen LogP contribution in [0.25, 0.3) is 0 Å². The first-order valence-corrected chi connectivity index (χ1v) is 9.19. The van der Waals surface area contributed by atoms with Crippen LogP contribution in [0.4, 0.5) is 9.52 Å². The second-order valence-corrected chi connectivity index (χ2v) is 8.86. The lowest BCUT2D eigenvalue weighted by molar-refractivity contribution is 0.573. The largest absolute Gasteiger partial charge is 0.263 e. The van der Waals surface area contributed by atoms with Gasteiger partial charge in [-0.1, -0.05) is 20.8 Å². The predicted molar refractivity (Wildman–Crippen MR) is 85.7 cm³/mol. The molecular formula is C13H14BrFN2O2S2. The van der Waals surface area contributed by atoms with Crippen LogP contribution >= 0.6 is 27.3 Å². The Morgan fingerprint density at radius 3 is 2.52 bits per heavy atom. The summed E-state index contributed by atoms with van der Waals surface area (Å²) in [6.07, 6.45) is 0. The molecule has 0 radical (unpaired) electrons. The van der Waals surface area contributed by atoms with Crippen LogP contribution in [-0.2, 0) is 15.4 Å². The number of anilines is 1. The van der Waals surface area contributed by atoms with Crippen LogP contribution in [0.1, 0.15) is 26.5 Å². The molecule has 0 unspecified atom stereocenters. The first kappa shape index (κ1) is 16.4. The molecule has 0 amide bonds. The van der Waals surface area contributed by atoms with Crippen LogP contribution in [0.5, 0.6) is 0 Å². The van der Waals surface area contributed by atoms with E-state index in [-0.39, 0.29) is 19.9 Å². The minimum absolute atomic E-state index is 0.143. The summed E-state index contributed by atoms with van der Waals surface area (Å²) in [6.45, 7) is 5.97. The minimum Gasteiger partial charge on any atom is -0.255 e. The Labute approximate surface area is 135 Å². The number of nitrogens with one attached hydrogen (secondary N) is 1. The Balaban J connectivity index is 2.29. The van der Waals surface area contributed by atoms with E-state index < -0.39 is 15.8 Å². The lowest BCUT2D eigenvalue weighted by Crippen LogP contribution is -2.15. The highest BCUT2D eigenvalue weighted by Gasteiger charge is 2.21. The van der Waals surface area contributed by atoms with E-state index in [1.807, 2.05) is 20.8 Å². The van der Waals surface area contributed by atoms with Crippen molar-refractivity contribution in [2.75, 3.05) is 4.72 Å². The van der Waals surface area contributed by atoms with Gasteiger partial charge in [-0.3, -0.25) is 4.72 Å². The van der Waals surface area contributed by atoms with Crippen molar-refractivity contribution in [3.63, 3.8) is 0 Å². The van der Waals surface area contributed by atoms with Gasteiger partial charge in [0.15, 0.2) is 5.13 Å². The van der Waals surface area contributed by atoms with E-state index >= 15 is 0 Å². The molecule has 1 aromatic carbocycles. The summed E-state index contributed by atoms with van der Waals surface area (Å²) in [7, 11) is -3.85. The molecular weight excluding hydrogens is 379 g/mol. The van der Waals surface area contributed by atoms with E-state index in [4.69, 9.17) is 0 Å². The highest BCUT2D eigenvalue weighted by atomic mass is 79.9. The molecule has 0 atom stereocenters. The number of thiazole rings is 1. The van der Waals surface area contributed by atoms with Crippen LogP contribution in [0, 0.1) is 5.82 Å². The molecule has 114 valence electrons. The van der Waals surface area contributed by atoms with E-state index in [0.717, 1.165) is 11.8 Å². The summed E-state index contributed by atoms with van der Waals surface area (Å²) in [6, 6.07) is 3.64. The molecule has 0 bridgehead atoms. The van der Waals surface area contributed by atoms with Crippen molar-refractivity contribution in [1.82, 2.24) is 4.98 Å². The van der Waals surface area contributed by atoms with Crippen molar-refractivity contribution in [2.24, 2.45) is 0 Å². The standard InChI is InChI=1S/C13H14BrFN2O2S2/c1-13(2,3)11-7-20-12(16-11)17-21(18,19)8-4-5-9(14)10(15)6-8/h4-7H,1-3H3,(H,16,17). The lowest BCUT2D eigenvalue weighted by atomic mass is 9.93. The zero-order valence-electron chi connectivity index (χ0n) is 11.6. The second kappa shape index (κ2) is 5.66. The van der Waals surface area contributed by atoms with Gasteiger partial charge in [0.05, 0.1) is 15.1 Å². The summed E-state index contributed by atoms with van der Waals surface area (Å²) in [5, 5.41) is 2.07. The summed E-state index contributed by atoms with van der Waals surface area (Å²) in [5.41, 5.74) is 0.636. The van der Waals surface area contributed by atoms with Gasteiger partial charge < -0.3 is 0 Å². The van der Waals surface area contributed by atoms with Gasteiger partial charge in [0.25, 0.3) is 10.0 Å². The highest BCUT2D eigenvalue weighted by molar-refractivity contribution is 9.10. The number of hydrogen-bond donors (Lipinski definition) is 1. The van der Waals surface area contributed by atoms with E-state index in [9.17, 15) is 12.8 Å². The third-order valence-electron chi connectivity index (χ3n) is 2.70. The lowest BCUT2D eigenvalue weighted by Gasteiger charge is -2.14. The first-order valence-electron chi connectivity index (χ1n) is 6.03. The molecule has 0 saturated heterocycles. The molecule has 1 N–H and O–H groups in total. The molecule has 2 rings (SSSR count). The molecule has 0 aliphatic heterocycles. The van der Waals surface area contributed by atoms with Gasteiger partial charge in [0.1, 0.15) is 5.82 Å². The quantitative estimate of drug-likeness (QED) is 0.853. The van der Waals surface area contributed by atoms with Gasteiger partial charge in [-0.25, -0.2) is 17.8 Å². The first-order chi connectivity index (χ1) is 9.59. The van der Waals surface area contributed by atoms with Crippen LogP contribution in [0.2, 0.25) is 0 Å². The fourth-order valence-electron chi connectivity index (χ4n) is 1.48. The number of aromatic nitrogens is 1. The van der Waals surface area contributed by atoms with Crippen LogP contribution in [0.3, 0.4) is 0 Å². The molecule has 1 heterocycles. The number of nitrogens with zero attached hydrogens (tertiary/aromatic N) is 1. The highest BCUT2D eigenvalue weighted by Crippen LogP contribution is 2.28. The molecule has 0 aliphatic rings. The minimum atomic E-state index is -3.85. The Bertz CT molecular complexity index is 767. The predicted octanol–water partition coefficient (Wildman–Crippen LogP) is 4.14. The van der Waals surface area contributed by atoms with Crippen molar-refractivity contribution in [3.8, 4) is 0 Å². The number of sulfonamides is 1. The van der Waals surface area contributed by atoms with Crippen molar-refractivity contribution in [3.05, 3.63) is 39.6 Å². The maximum atomic E-state index is 13.5. The average Bonchev–Trinajstić information content (AvgIpc) is 2.80. The number of hydrogen-bond acceptors (Lipinski definition) is 4. The topological polar surface area (TPSA) is 59.1 Å². The maximum Gasteiger partial charge on any atom is 0.263 e. The van der Waals surface area contributed by atoms with Crippen molar-refractivity contribution in [2.45, 2.75) is 31.1 Å². The van der Waals surface area contributed by atoms with Crippen LogP contribution in [-0.4, -0.2) is 13.4 Å².